The Morgan fingerprint density at radius 1 is 0.963 bits per heavy atom. The Balaban J connectivity index is 1.82. The third kappa shape index (κ3) is 6.89. The Morgan fingerprint density at radius 2 is 1.59 bits per heavy atom. The van der Waals surface area contributed by atoms with Gasteiger partial charge in [-0.25, -0.2) is 4.39 Å². The lowest BCUT2D eigenvalue weighted by molar-refractivity contribution is -0.135. The number of benzene rings is 2. The van der Waals surface area contributed by atoms with Crippen LogP contribution in [0.1, 0.15) is 18.1 Å². The van der Waals surface area contributed by atoms with E-state index in [1.54, 1.807) is 24.3 Å². The van der Waals surface area contributed by atoms with Crippen LogP contribution in [0.2, 0.25) is 0 Å². The molecule has 2 aromatic rings. The van der Waals surface area contributed by atoms with Crippen LogP contribution in [0.3, 0.4) is 0 Å². The summed E-state index contributed by atoms with van der Waals surface area (Å²) in [5.41, 5.74) is 2.42. The Kier molecular flexibility index (Phi) is 7.05. The van der Waals surface area contributed by atoms with Crippen LogP contribution in [0, 0.1) is 12.7 Å². The molecule has 0 heterocycles. The Bertz CT molecular complexity index is 804. The van der Waals surface area contributed by atoms with Gasteiger partial charge >= 0.3 is 0 Å². The van der Waals surface area contributed by atoms with E-state index in [1.807, 2.05) is 19.1 Å². The van der Waals surface area contributed by atoms with Gasteiger partial charge in [-0.1, -0.05) is 29.8 Å². The largest absolute Gasteiger partial charge is 0.345 e. The number of nitrogens with zero attached hydrogens (tertiary/aromatic N) is 1. The quantitative estimate of drug-likeness (QED) is 0.783. The highest BCUT2D eigenvalue weighted by molar-refractivity contribution is 5.95. The number of amides is 3. The molecule has 0 spiro atoms. The lowest BCUT2D eigenvalue weighted by atomic mass is 10.2. The molecule has 2 N–H and O–H groups in total. The van der Waals surface area contributed by atoms with Crippen molar-refractivity contribution in [2.24, 2.45) is 0 Å². The zero-order valence-corrected chi connectivity index (χ0v) is 15.3. The topological polar surface area (TPSA) is 78.5 Å². The average Bonchev–Trinajstić information content (AvgIpc) is 2.63. The minimum absolute atomic E-state index is 0.179. The van der Waals surface area contributed by atoms with Crippen LogP contribution in [-0.2, 0) is 20.9 Å². The summed E-state index contributed by atoms with van der Waals surface area (Å²) in [7, 11) is 0. The summed E-state index contributed by atoms with van der Waals surface area (Å²) >= 11 is 0. The molecule has 6 nitrogen and oxygen atoms in total. The van der Waals surface area contributed by atoms with Crippen LogP contribution in [0.4, 0.5) is 10.1 Å². The number of rotatable bonds is 7. The van der Waals surface area contributed by atoms with Gasteiger partial charge in [0, 0.05) is 19.2 Å². The van der Waals surface area contributed by atoms with Gasteiger partial charge in [0.25, 0.3) is 0 Å². The predicted octanol–water partition coefficient (Wildman–Crippen LogP) is 2.24. The first-order chi connectivity index (χ1) is 12.8. The summed E-state index contributed by atoms with van der Waals surface area (Å²) in [4.78, 5) is 37.0. The van der Waals surface area contributed by atoms with Gasteiger partial charge in [-0.3, -0.25) is 14.4 Å². The van der Waals surface area contributed by atoms with Crippen molar-refractivity contribution in [2.75, 3.05) is 18.4 Å². The summed E-state index contributed by atoms with van der Waals surface area (Å²) < 4.78 is 13.0. The zero-order valence-electron chi connectivity index (χ0n) is 15.3. The van der Waals surface area contributed by atoms with Gasteiger partial charge in [0.2, 0.25) is 17.7 Å². The minimum atomic E-state index is -0.452. The number of hydrogen-bond donors (Lipinski definition) is 2. The minimum Gasteiger partial charge on any atom is -0.345 e. The van der Waals surface area contributed by atoms with Crippen LogP contribution in [0.25, 0.3) is 0 Å². The molecule has 2 rings (SSSR count). The van der Waals surface area contributed by atoms with E-state index in [1.165, 1.54) is 24.0 Å². The van der Waals surface area contributed by atoms with Crippen LogP contribution >= 0.6 is 0 Å². The molecule has 142 valence electrons. The molecule has 0 aliphatic heterocycles. The van der Waals surface area contributed by atoms with Crippen molar-refractivity contribution in [3.8, 4) is 0 Å². The van der Waals surface area contributed by atoms with Gasteiger partial charge in [-0.15, -0.1) is 0 Å². The normalized spacial score (nSPS) is 10.2. The SMILES string of the molecule is CC(=O)N(CC(=O)NCC(=O)Nc1ccc(C)cc1)Cc1ccc(F)cc1. The molecule has 0 aromatic heterocycles. The molecule has 3 amide bonds. The van der Waals surface area contributed by atoms with Crippen molar-refractivity contribution < 1.29 is 18.8 Å². The highest BCUT2D eigenvalue weighted by Gasteiger charge is 2.15. The third-order valence-corrected chi connectivity index (χ3v) is 3.85. The van der Waals surface area contributed by atoms with Crippen LogP contribution in [0.5, 0.6) is 0 Å². The summed E-state index contributed by atoms with van der Waals surface area (Å²) in [5.74, 6) is -1.48. The standard InChI is InChI=1S/C20H22FN3O3/c1-14-3-9-18(10-4-14)23-19(26)11-22-20(27)13-24(15(2)25)12-16-5-7-17(21)8-6-16/h3-10H,11-13H2,1-2H3,(H,22,27)(H,23,26). The van der Waals surface area contributed by atoms with Crippen LogP contribution in [0.15, 0.2) is 48.5 Å². The molecule has 0 fully saturated rings. The maximum Gasteiger partial charge on any atom is 0.243 e. The fourth-order valence-electron chi connectivity index (χ4n) is 2.34. The number of anilines is 1. The fourth-order valence-corrected chi connectivity index (χ4v) is 2.34. The van der Waals surface area contributed by atoms with Crippen molar-refractivity contribution in [3.05, 3.63) is 65.5 Å². The number of carbonyl (C=O) groups excluding carboxylic acids is 3. The van der Waals surface area contributed by atoms with Crippen LogP contribution in [-0.4, -0.2) is 35.7 Å². The van der Waals surface area contributed by atoms with Gasteiger partial charge in [0.15, 0.2) is 0 Å². The highest BCUT2D eigenvalue weighted by atomic mass is 19.1. The van der Waals surface area contributed by atoms with E-state index < -0.39 is 5.91 Å². The number of carbonyl (C=O) groups is 3. The number of aryl methyl sites for hydroxylation is 1. The second-order valence-electron chi connectivity index (χ2n) is 6.19. The van der Waals surface area contributed by atoms with Gasteiger partial charge in [0.1, 0.15) is 5.82 Å². The lowest BCUT2D eigenvalue weighted by Crippen LogP contribution is -2.41. The summed E-state index contributed by atoms with van der Waals surface area (Å²) in [6, 6.07) is 13.0. The van der Waals surface area contributed by atoms with E-state index in [0.29, 0.717) is 11.3 Å². The molecular formula is C20H22FN3O3. The molecule has 2 aromatic carbocycles. The molecule has 0 saturated carbocycles. The Morgan fingerprint density at radius 3 is 2.19 bits per heavy atom. The zero-order chi connectivity index (χ0) is 19.8. The lowest BCUT2D eigenvalue weighted by Gasteiger charge is -2.20. The Hall–Kier alpha value is -3.22. The van der Waals surface area contributed by atoms with E-state index in [-0.39, 0.29) is 37.3 Å². The molecule has 7 heteroatoms. The Labute approximate surface area is 157 Å². The first-order valence-corrected chi connectivity index (χ1v) is 8.46. The van der Waals surface area contributed by atoms with Crippen molar-refractivity contribution in [3.63, 3.8) is 0 Å². The maximum atomic E-state index is 13.0. The average molecular weight is 371 g/mol. The van der Waals surface area contributed by atoms with Crippen molar-refractivity contribution >= 4 is 23.4 Å². The highest BCUT2D eigenvalue weighted by Crippen LogP contribution is 2.08. The van der Waals surface area contributed by atoms with E-state index in [4.69, 9.17) is 0 Å². The number of hydrogen-bond acceptors (Lipinski definition) is 3. The van der Waals surface area contributed by atoms with E-state index in [2.05, 4.69) is 10.6 Å². The van der Waals surface area contributed by atoms with Crippen molar-refractivity contribution in [1.82, 2.24) is 10.2 Å². The second-order valence-corrected chi connectivity index (χ2v) is 6.19. The van der Waals surface area contributed by atoms with Crippen molar-refractivity contribution in [1.29, 1.82) is 0 Å². The summed E-state index contributed by atoms with van der Waals surface area (Å²) in [6.07, 6.45) is 0. The summed E-state index contributed by atoms with van der Waals surface area (Å²) in [5, 5.41) is 5.17. The smallest absolute Gasteiger partial charge is 0.243 e. The molecule has 0 unspecified atom stereocenters. The molecule has 0 aliphatic rings. The monoisotopic (exact) mass is 371 g/mol. The van der Waals surface area contributed by atoms with Gasteiger partial charge < -0.3 is 15.5 Å². The molecule has 0 radical (unpaired) electrons. The second kappa shape index (κ2) is 9.47. The third-order valence-electron chi connectivity index (χ3n) is 3.85. The van der Waals surface area contributed by atoms with Crippen molar-refractivity contribution in [2.45, 2.75) is 20.4 Å². The van der Waals surface area contributed by atoms with E-state index in [0.717, 1.165) is 5.56 Å². The number of halogens is 1. The molecule has 0 atom stereocenters. The van der Waals surface area contributed by atoms with Gasteiger partial charge in [0.05, 0.1) is 13.1 Å². The number of nitrogens with one attached hydrogen (secondary N) is 2. The van der Waals surface area contributed by atoms with Crippen LogP contribution < -0.4 is 10.6 Å². The van der Waals surface area contributed by atoms with E-state index in [9.17, 15) is 18.8 Å². The molecule has 0 saturated heterocycles. The van der Waals surface area contributed by atoms with Gasteiger partial charge in [-0.2, -0.15) is 0 Å². The molecule has 27 heavy (non-hydrogen) atoms. The maximum absolute atomic E-state index is 13.0. The first-order valence-electron chi connectivity index (χ1n) is 8.46. The fraction of sp³-hybridized carbons (Fsp3) is 0.250. The van der Waals surface area contributed by atoms with Gasteiger partial charge in [-0.05, 0) is 36.8 Å². The first kappa shape index (κ1) is 20.1. The summed E-state index contributed by atoms with van der Waals surface area (Å²) in [6.45, 7) is 3.08. The molecule has 0 aliphatic carbocycles. The van der Waals surface area contributed by atoms with E-state index >= 15 is 0 Å². The predicted molar refractivity (Wildman–Crippen MR) is 100 cm³/mol. The molecular weight excluding hydrogens is 349 g/mol. The molecule has 0 bridgehead atoms.